The van der Waals surface area contributed by atoms with Gasteiger partial charge in [-0.25, -0.2) is 0 Å². The van der Waals surface area contributed by atoms with Crippen molar-refractivity contribution in [2.24, 2.45) is 0 Å². The van der Waals surface area contributed by atoms with E-state index < -0.39 is 5.66 Å². The molecule has 2 aromatic rings. The van der Waals surface area contributed by atoms with Gasteiger partial charge in [0.1, 0.15) is 5.66 Å². The number of carbonyl (C=O) groups excluding carboxylic acids is 3. The van der Waals surface area contributed by atoms with E-state index in [-0.39, 0.29) is 23.8 Å². The molecule has 2 aliphatic rings. The standard InChI is InChI=1S/C26H34N4O3S/c1-4-28(5-2)22(19-13-16-34-18-19)17-27-23(31)11-8-15-29-25(33)20-9-6-7-10-21(20)30-24(32)12-14-26(29,30)3/h6-7,9-10,13,16,18,22H,4-5,8,11-12,14-15,17H2,1-3H3,(H,27,31). The third-order valence-corrected chi connectivity index (χ3v) is 7.91. The Bertz CT molecular complexity index is 1040. The number of hydrogen-bond acceptors (Lipinski definition) is 5. The molecule has 7 nitrogen and oxygen atoms in total. The second-order valence-corrected chi connectivity index (χ2v) is 9.90. The summed E-state index contributed by atoms with van der Waals surface area (Å²) in [6, 6.07) is 9.59. The molecule has 3 amide bonds. The maximum absolute atomic E-state index is 13.3. The number of rotatable bonds is 10. The van der Waals surface area contributed by atoms with Gasteiger partial charge in [0.15, 0.2) is 0 Å². The normalized spacial score (nSPS) is 20.5. The van der Waals surface area contributed by atoms with E-state index in [1.807, 2.05) is 25.1 Å². The van der Waals surface area contributed by atoms with Gasteiger partial charge in [-0.15, -0.1) is 0 Å². The average Bonchev–Trinajstić information content (AvgIpc) is 3.47. The summed E-state index contributed by atoms with van der Waals surface area (Å²) in [7, 11) is 0. The van der Waals surface area contributed by atoms with E-state index in [4.69, 9.17) is 0 Å². The van der Waals surface area contributed by atoms with Crippen LogP contribution in [0.3, 0.4) is 0 Å². The second kappa shape index (κ2) is 10.3. The Morgan fingerprint density at radius 3 is 2.68 bits per heavy atom. The Balaban J connectivity index is 1.38. The number of thiophene rings is 1. The molecule has 1 aromatic heterocycles. The largest absolute Gasteiger partial charge is 0.354 e. The van der Waals surface area contributed by atoms with Crippen molar-refractivity contribution in [1.29, 1.82) is 0 Å². The Labute approximate surface area is 205 Å². The van der Waals surface area contributed by atoms with E-state index >= 15 is 0 Å². The number of fused-ring (bicyclic) bond motifs is 3. The summed E-state index contributed by atoms with van der Waals surface area (Å²) < 4.78 is 0. The van der Waals surface area contributed by atoms with E-state index in [9.17, 15) is 14.4 Å². The Morgan fingerprint density at radius 1 is 1.21 bits per heavy atom. The third-order valence-electron chi connectivity index (χ3n) is 7.20. The molecule has 4 rings (SSSR count). The highest BCUT2D eigenvalue weighted by Gasteiger charge is 2.52. The van der Waals surface area contributed by atoms with Gasteiger partial charge in [-0.2, -0.15) is 11.3 Å². The Hall–Kier alpha value is -2.71. The molecule has 0 aliphatic carbocycles. The van der Waals surface area contributed by atoms with Crippen LogP contribution in [0.4, 0.5) is 5.69 Å². The van der Waals surface area contributed by atoms with Crippen molar-refractivity contribution in [1.82, 2.24) is 15.1 Å². The topological polar surface area (TPSA) is 73.0 Å². The van der Waals surface area contributed by atoms with Crippen molar-refractivity contribution in [2.75, 3.05) is 31.1 Å². The first-order valence-electron chi connectivity index (χ1n) is 12.2. The molecule has 0 radical (unpaired) electrons. The van der Waals surface area contributed by atoms with Gasteiger partial charge in [-0.1, -0.05) is 26.0 Å². The molecule has 2 atom stereocenters. The predicted octanol–water partition coefficient (Wildman–Crippen LogP) is 4.03. The highest BCUT2D eigenvalue weighted by molar-refractivity contribution is 7.08. The minimum atomic E-state index is -0.675. The quantitative estimate of drug-likeness (QED) is 0.555. The number of benzene rings is 1. The first kappa shape index (κ1) is 24.4. The molecule has 2 unspecified atom stereocenters. The van der Waals surface area contributed by atoms with Gasteiger partial charge >= 0.3 is 0 Å². The summed E-state index contributed by atoms with van der Waals surface area (Å²) in [5, 5.41) is 7.32. The van der Waals surface area contributed by atoms with Crippen molar-refractivity contribution in [2.45, 2.75) is 58.2 Å². The van der Waals surface area contributed by atoms with Crippen LogP contribution in [0.2, 0.25) is 0 Å². The molecule has 1 aromatic carbocycles. The molecule has 0 saturated carbocycles. The first-order valence-corrected chi connectivity index (χ1v) is 13.1. The van der Waals surface area contributed by atoms with Gasteiger partial charge in [0.25, 0.3) is 5.91 Å². The summed E-state index contributed by atoms with van der Waals surface area (Å²) in [6.07, 6.45) is 1.91. The van der Waals surface area contributed by atoms with Crippen LogP contribution in [0.25, 0.3) is 0 Å². The molecule has 2 aliphatic heterocycles. The summed E-state index contributed by atoms with van der Waals surface area (Å²) in [5.74, 6) is -0.0358. The molecular formula is C26H34N4O3S. The predicted molar refractivity (Wildman–Crippen MR) is 135 cm³/mol. The van der Waals surface area contributed by atoms with Crippen molar-refractivity contribution in [3.05, 3.63) is 52.2 Å². The van der Waals surface area contributed by atoms with Gasteiger partial charge in [0, 0.05) is 25.9 Å². The monoisotopic (exact) mass is 482 g/mol. The number of likely N-dealkylation sites (N-methyl/N-ethyl adjacent to an activating group) is 1. The summed E-state index contributed by atoms with van der Waals surface area (Å²) in [6.45, 7) is 9.06. The van der Waals surface area contributed by atoms with Crippen LogP contribution in [0.5, 0.6) is 0 Å². The zero-order valence-corrected chi connectivity index (χ0v) is 21.1. The number of nitrogens with one attached hydrogen (secondary N) is 1. The molecule has 1 fully saturated rings. The molecular weight excluding hydrogens is 448 g/mol. The first-order chi connectivity index (χ1) is 16.4. The van der Waals surface area contributed by atoms with Crippen molar-refractivity contribution in [3.63, 3.8) is 0 Å². The second-order valence-electron chi connectivity index (χ2n) is 9.12. The number of anilines is 1. The number of nitrogens with zero attached hydrogens (tertiary/aromatic N) is 3. The molecule has 182 valence electrons. The van der Waals surface area contributed by atoms with E-state index in [2.05, 4.69) is 40.9 Å². The van der Waals surface area contributed by atoms with Crippen molar-refractivity contribution >= 4 is 34.7 Å². The van der Waals surface area contributed by atoms with Crippen LogP contribution >= 0.6 is 11.3 Å². The van der Waals surface area contributed by atoms with Gasteiger partial charge in [0.05, 0.1) is 17.3 Å². The van der Waals surface area contributed by atoms with E-state index in [0.717, 1.165) is 13.1 Å². The van der Waals surface area contributed by atoms with Gasteiger partial charge < -0.3 is 10.2 Å². The molecule has 1 saturated heterocycles. The Kier molecular flexibility index (Phi) is 7.38. The molecule has 8 heteroatoms. The summed E-state index contributed by atoms with van der Waals surface area (Å²) in [4.78, 5) is 44.6. The zero-order valence-electron chi connectivity index (χ0n) is 20.3. The van der Waals surface area contributed by atoms with E-state index in [0.29, 0.717) is 50.0 Å². The number of para-hydroxylation sites is 1. The van der Waals surface area contributed by atoms with Gasteiger partial charge in [-0.3, -0.25) is 24.2 Å². The lowest BCUT2D eigenvalue weighted by Crippen LogP contribution is -2.62. The van der Waals surface area contributed by atoms with Crippen LogP contribution in [0.15, 0.2) is 41.1 Å². The zero-order chi connectivity index (χ0) is 24.3. The molecule has 0 spiro atoms. The third kappa shape index (κ3) is 4.49. The molecule has 1 N–H and O–H groups in total. The van der Waals surface area contributed by atoms with Crippen molar-refractivity contribution < 1.29 is 14.4 Å². The van der Waals surface area contributed by atoms with Crippen LogP contribution in [-0.4, -0.2) is 59.4 Å². The maximum atomic E-state index is 13.3. The van der Waals surface area contributed by atoms with Crippen LogP contribution in [0, 0.1) is 0 Å². The summed E-state index contributed by atoms with van der Waals surface area (Å²) in [5.41, 5.74) is 1.80. The highest BCUT2D eigenvalue weighted by atomic mass is 32.1. The van der Waals surface area contributed by atoms with Crippen LogP contribution < -0.4 is 10.2 Å². The number of amides is 3. The van der Waals surface area contributed by atoms with Crippen molar-refractivity contribution in [3.8, 4) is 0 Å². The minimum absolute atomic E-state index is 0.0123. The fourth-order valence-electron chi connectivity index (χ4n) is 5.32. The van der Waals surface area contributed by atoms with Crippen LogP contribution in [0.1, 0.15) is 68.4 Å². The fourth-order valence-corrected chi connectivity index (χ4v) is 6.03. The van der Waals surface area contributed by atoms with Gasteiger partial charge in [0.2, 0.25) is 11.8 Å². The number of carbonyl (C=O) groups is 3. The Morgan fingerprint density at radius 2 is 1.97 bits per heavy atom. The van der Waals surface area contributed by atoms with Gasteiger partial charge in [-0.05, 0) is 67.4 Å². The van der Waals surface area contributed by atoms with E-state index in [1.165, 1.54) is 5.56 Å². The summed E-state index contributed by atoms with van der Waals surface area (Å²) >= 11 is 1.67. The number of hydrogen-bond donors (Lipinski definition) is 1. The van der Waals surface area contributed by atoms with E-state index in [1.54, 1.807) is 27.2 Å². The maximum Gasteiger partial charge on any atom is 0.257 e. The molecule has 0 bridgehead atoms. The molecule has 3 heterocycles. The lowest BCUT2D eigenvalue weighted by molar-refractivity contribution is -0.121. The average molecular weight is 483 g/mol. The highest BCUT2D eigenvalue weighted by Crippen LogP contribution is 2.44. The minimum Gasteiger partial charge on any atom is -0.354 e. The van der Waals surface area contributed by atoms with Crippen LogP contribution in [-0.2, 0) is 9.59 Å². The lowest BCUT2D eigenvalue weighted by Gasteiger charge is -2.48. The smallest absolute Gasteiger partial charge is 0.257 e. The lowest BCUT2D eigenvalue weighted by atomic mass is 9.98. The SMILES string of the molecule is CCN(CC)C(CNC(=O)CCCN1C(=O)c2ccccc2N2C(=O)CCC12C)c1ccsc1. The fraction of sp³-hybridized carbons (Fsp3) is 0.500. The molecule has 34 heavy (non-hydrogen) atoms.